The van der Waals surface area contributed by atoms with Gasteiger partial charge in [-0.2, -0.15) is 0 Å². The number of rotatable bonds is 8. The summed E-state index contributed by atoms with van der Waals surface area (Å²) in [6.45, 7) is 15.3. The molecule has 7 nitrogen and oxygen atoms in total. The van der Waals surface area contributed by atoms with Crippen molar-refractivity contribution in [1.29, 1.82) is 0 Å². The smallest absolute Gasteiger partial charge is 0.304 e. The number of ether oxygens (including phenoxy) is 5. The van der Waals surface area contributed by atoms with Gasteiger partial charge < -0.3 is 23.7 Å². The van der Waals surface area contributed by atoms with E-state index in [-0.39, 0.29) is 29.3 Å². The van der Waals surface area contributed by atoms with Crippen molar-refractivity contribution in [2.75, 3.05) is 14.2 Å². The van der Waals surface area contributed by atoms with Crippen LogP contribution in [0, 0.1) is 22.7 Å². The molecule has 3 rings (SSSR count). The van der Waals surface area contributed by atoms with Crippen molar-refractivity contribution < 1.29 is 33.3 Å². The van der Waals surface area contributed by atoms with Gasteiger partial charge in [0.2, 0.25) is 6.29 Å². The Morgan fingerprint density at radius 2 is 1.85 bits per heavy atom. The van der Waals surface area contributed by atoms with Crippen molar-refractivity contribution in [1.82, 2.24) is 0 Å². The van der Waals surface area contributed by atoms with Crippen LogP contribution in [0.3, 0.4) is 0 Å². The van der Waals surface area contributed by atoms with E-state index in [1.165, 1.54) is 13.8 Å². The number of hydrogen-bond donors (Lipinski definition) is 0. The number of allylic oxidation sites excluding steroid dienone is 2. The van der Waals surface area contributed by atoms with Crippen molar-refractivity contribution in [3.8, 4) is 0 Å². The number of hydrogen-bond acceptors (Lipinski definition) is 7. The van der Waals surface area contributed by atoms with Crippen LogP contribution in [0.5, 0.6) is 0 Å². The zero-order valence-corrected chi connectivity index (χ0v) is 20.7. The van der Waals surface area contributed by atoms with Gasteiger partial charge in [0.25, 0.3) is 0 Å². The lowest BCUT2D eigenvalue weighted by Crippen LogP contribution is -2.63. The highest BCUT2D eigenvalue weighted by molar-refractivity contribution is 5.67. The van der Waals surface area contributed by atoms with Gasteiger partial charge in [-0.25, -0.2) is 0 Å². The Hall–Kier alpha value is -1.96. The van der Waals surface area contributed by atoms with Crippen molar-refractivity contribution in [3.05, 3.63) is 36.5 Å². The van der Waals surface area contributed by atoms with E-state index in [0.717, 1.165) is 30.4 Å². The summed E-state index contributed by atoms with van der Waals surface area (Å²) in [6.07, 6.45) is 4.40. The quantitative estimate of drug-likeness (QED) is 0.302. The summed E-state index contributed by atoms with van der Waals surface area (Å²) in [5.41, 5.74) is 0.840. The van der Waals surface area contributed by atoms with Crippen LogP contribution in [0.2, 0.25) is 0 Å². The van der Waals surface area contributed by atoms with Gasteiger partial charge >= 0.3 is 11.9 Å². The maximum Gasteiger partial charge on any atom is 0.304 e. The topological polar surface area (TPSA) is 80.3 Å². The van der Waals surface area contributed by atoms with Crippen LogP contribution < -0.4 is 0 Å². The predicted molar refractivity (Wildman–Crippen MR) is 123 cm³/mol. The Bertz CT molecular complexity index is 832. The van der Waals surface area contributed by atoms with Crippen LogP contribution in [-0.2, 0) is 33.3 Å². The normalized spacial score (nSPS) is 39.6. The molecule has 0 aromatic carbocycles. The summed E-state index contributed by atoms with van der Waals surface area (Å²) in [5.74, 6) is -0.554. The lowest BCUT2D eigenvalue weighted by molar-refractivity contribution is -0.258. The highest BCUT2D eigenvalue weighted by atomic mass is 16.8. The fourth-order valence-electron chi connectivity index (χ4n) is 6.43. The summed E-state index contributed by atoms with van der Waals surface area (Å²) in [7, 11) is 3.24. The van der Waals surface area contributed by atoms with E-state index in [4.69, 9.17) is 23.7 Å². The van der Waals surface area contributed by atoms with E-state index in [9.17, 15) is 9.59 Å². The molecule has 0 unspecified atom stereocenters. The van der Waals surface area contributed by atoms with E-state index < -0.39 is 30.1 Å². The number of carbonyl (C=O) groups excluding carboxylic acids is 2. The first-order chi connectivity index (χ1) is 15.5. The van der Waals surface area contributed by atoms with E-state index >= 15 is 0 Å². The molecule has 3 aliphatic rings. The standard InChI is InChI=1S/C26H38O7/c1-9-15(2)10-11-25(6)16(3)12-22(29-7)26-20(13-19(14-21(25)26)31-17(4)27)23(30-8)33-24(26)32-18(5)28/h9,13,16,19,21-24H,1-2,10-12,14H2,3-8H3/t16-,19+,21+,22-,23+,24-,25-,26-/m0/s1. The van der Waals surface area contributed by atoms with E-state index in [0.29, 0.717) is 6.42 Å². The van der Waals surface area contributed by atoms with Crippen LogP contribution >= 0.6 is 0 Å². The second kappa shape index (κ2) is 9.72. The third-order valence-electron chi connectivity index (χ3n) is 8.19. The Balaban J connectivity index is 2.21. The van der Waals surface area contributed by atoms with E-state index in [1.54, 1.807) is 20.3 Å². The first-order valence-electron chi connectivity index (χ1n) is 11.6. The SMILES string of the molecule is C=CC(=C)CC[C@]1(C)[C@H]2C[C@H](OC(C)=O)C=C3[C@H](OC)O[C@H](OC(C)=O)[C@@]32[C@@H](OC)C[C@@H]1C. The molecule has 0 amide bonds. The van der Waals surface area contributed by atoms with Gasteiger partial charge in [-0.3, -0.25) is 9.59 Å². The fourth-order valence-corrected chi connectivity index (χ4v) is 6.43. The van der Waals surface area contributed by atoms with Gasteiger partial charge in [0.15, 0.2) is 6.29 Å². The van der Waals surface area contributed by atoms with Crippen LogP contribution in [0.25, 0.3) is 0 Å². The van der Waals surface area contributed by atoms with Gasteiger partial charge in [-0.15, -0.1) is 0 Å². The summed E-state index contributed by atoms with van der Waals surface area (Å²) in [4.78, 5) is 24.0. The average molecular weight is 463 g/mol. The van der Waals surface area contributed by atoms with Crippen LogP contribution in [0.1, 0.15) is 53.4 Å². The second-order valence-electron chi connectivity index (χ2n) is 9.87. The molecule has 1 heterocycles. The summed E-state index contributed by atoms with van der Waals surface area (Å²) >= 11 is 0. The molecule has 7 heteroatoms. The molecule has 2 fully saturated rings. The van der Waals surface area contributed by atoms with Crippen molar-refractivity contribution in [2.24, 2.45) is 22.7 Å². The van der Waals surface area contributed by atoms with Gasteiger partial charge in [-0.05, 0) is 49.0 Å². The summed E-state index contributed by atoms with van der Waals surface area (Å²) in [6, 6.07) is 0. The monoisotopic (exact) mass is 462 g/mol. The van der Waals surface area contributed by atoms with Gasteiger partial charge in [0.05, 0.1) is 11.5 Å². The molecule has 0 aromatic rings. The summed E-state index contributed by atoms with van der Waals surface area (Å²) in [5, 5.41) is 0. The lowest BCUT2D eigenvalue weighted by atomic mass is 9.45. The Labute approximate surface area is 197 Å². The molecule has 33 heavy (non-hydrogen) atoms. The average Bonchev–Trinajstić information content (AvgIpc) is 3.06. The molecule has 1 saturated carbocycles. The Morgan fingerprint density at radius 3 is 2.39 bits per heavy atom. The third-order valence-corrected chi connectivity index (χ3v) is 8.19. The van der Waals surface area contributed by atoms with Gasteiger partial charge in [-0.1, -0.05) is 38.7 Å². The van der Waals surface area contributed by atoms with Crippen molar-refractivity contribution in [2.45, 2.75) is 78.2 Å². The largest absolute Gasteiger partial charge is 0.458 e. The first kappa shape index (κ1) is 25.7. The molecular formula is C26H38O7. The lowest BCUT2D eigenvalue weighted by Gasteiger charge is -2.61. The summed E-state index contributed by atoms with van der Waals surface area (Å²) < 4.78 is 29.5. The molecule has 0 radical (unpaired) electrons. The second-order valence-corrected chi connectivity index (χ2v) is 9.87. The van der Waals surface area contributed by atoms with E-state index in [2.05, 4.69) is 27.0 Å². The minimum absolute atomic E-state index is 0.0647. The molecule has 1 spiro atoms. The molecule has 0 aromatic heterocycles. The maximum absolute atomic E-state index is 12.1. The number of methoxy groups -OCH3 is 2. The van der Waals surface area contributed by atoms with Crippen molar-refractivity contribution >= 4 is 11.9 Å². The van der Waals surface area contributed by atoms with Crippen molar-refractivity contribution in [3.63, 3.8) is 0 Å². The highest BCUT2D eigenvalue weighted by Gasteiger charge is 2.71. The minimum Gasteiger partial charge on any atom is -0.458 e. The third kappa shape index (κ3) is 4.31. The molecule has 0 N–H and O–H groups in total. The van der Waals surface area contributed by atoms with Gasteiger partial charge in [0.1, 0.15) is 6.10 Å². The Kier molecular flexibility index (Phi) is 7.56. The van der Waals surface area contributed by atoms with Gasteiger partial charge in [0, 0.05) is 33.6 Å². The number of carbonyl (C=O) groups is 2. The van der Waals surface area contributed by atoms with Crippen LogP contribution in [-0.4, -0.2) is 50.9 Å². The highest BCUT2D eigenvalue weighted by Crippen LogP contribution is 2.67. The number of esters is 2. The fraction of sp³-hybridized carbons (Fsp3) is 0.692. The van der Waals surface area contributed by atoms with Crippen LogP contribution in [0.15, 0.2) is 36.5 Å². The zero-order valence-electron chi connectivity index (χ0n) is 20.7. The molecular weight excluding hydrogens is 424 g/mol. The minimum atomic E-state index is -0.867. The molecule has 0 bridgehead atoms. The predicted octanol–water partition coefficient (Wildman–Crippen LogP) is 4.33. The zero-order chi connectivity index (χ0) is 24.6. The molecule has 1 aliphatic heterocycles. The first-order valence-corrected chi connectivity index (χ1v) is 11.6. The molecule has 2 aliphatic carbocycles. The van der Waals surface area contributed by atoms with Crippen LogP contribution in [0.4, 0.5) is 0 Å². The Morgan fingerprint density at radius 1 is 1.18 bits per heavy atom. The molecule has 8 atom stereocenters. The molecule has 1 saturated heterocycles. The van der Waals surface area contributed by atoms with E-state index in [1.807, 2.05) is 6.08 Å². The maximum atomic E-state index is 12.1. The molecule has 184 valence electrons.